The van der Waals surface area contributed by atoms with Crippen molar-refractivity contribution < 1.29 is 37.5 Å². The molecule has 70 heavy (non-hydrogen) atoms. The molecule has 9 rings (SSSR count). The summed E-state index contributed by atoms with van der Waals surface area (Å²) in [5.41, 5.74) is 4.92. The molecule has 1 atom stereocenters. The van der Waals surface area contributed by atoms with E-state index >= 15 is 0 Å². The van der Waals surface area contributed by atoms with Gasteiger partial charge in [-0.25, -0.2) is 18.7 Å². The van der Waals surface area contributed by atoms with Gasteiger partial charge in [0, 0.05) is 121 Å². The van der Waals surface area contributed by atoms with Crippen LogP contribution >= 0.6 is 11.6 Å². The summed E-state index contributed by atoms with van der Waals surface area (Å²) in [6.45, 7) is 7.24. The van der Waals surface area contributed by atoms with Crippen LogP contribution in [-0.2, 0) is 32.2 Å². The monoisotopic (exact) mass is 973 g/mol. The molecule has 20 heteroatoms. The summed E-state index contributed by atoms with van der Waals surface area (Å²) in [7, 11) is 0. The summed E-state index contributed by atoms with van der Waals surface area (Å²) in [5.74, 6) is -2.77. The van der Waals surface area contributed by atoms with Crippen molar-refractivity contribution in [1.82, 2.24) is 40.6 Å². The number of aromatic nitrogens is 2. The topological polar surface area (TPSA) is 203 Å². The highest BCUT2D eigenvalue weighted by Crippen LogP contribution is 2.35. The molecule has 362 valence electrons. The van der Waals surface area contributed by atoms with Gasteiger partial charge in [-0.15, -0.1) is 0 Å². The average molecular weight is 974 g/mol. The molecule has 0 radical (unpaired) electrons. The van der Waals surface area contributed by atoms with Gasteiger partial charge in [0.25, 0.3) is 11.8 Å². The summed E-state index contributed by atoms with van der Waals surface area (Å²) in [4.78, 5) is 82.8. The zero-order valence-corrected chi connectivity index (χ0v) is 38.8. The van der Waals surface area contributed by atoms with Crippen molar-refractivity contribution in [2.45, 2.75) is 32.0 Å². The van der Waals surface area contributed by atoms with E-state index in [2.05, 4.69) is 46.4 Å². The predicted molar refractivity (Wildman–Crippen MR) is 258 cm³/mol. The van der Waals surface area contributed by atoms with Gasteiger partial charge in [0.2, 0.25) is 23.7 Å². The van der Waals surface area contributed by atoms with Crippen molar-refractivity contribution in [1.29, 1.82) is 0 Å². The Balaban J connectivity index is 0.651. The van der Waals surface area contributed by atoms with Crippen LogP contribution in [0.2, 0.25) is 5.02 Å². The van der Waals surface area contributed by atoms with E-state index in [1.54, 1.807) is 66.9 Å². The number of piperidine rings is 1. The number of hydrogen-bond donors (Lipinski definition) is 5. The van der Waals surface area contributed by atoms with E-state index < -0.39 is 23.6 Å². The standard InChI is InChI=1S/C50H50ClF2N11O6/c51-32-9-12-34-36(25-32)46(44-38(52)4-2-5-39(44)53)56-26-31-27-57-50(61-45(31)34)58-33-10-7-30(8-11-33)47(67)55-15-17-62-18-20-63(21-19-62)22-24-70-23-16-54-28-43(66)59-40-6-1-3-35-37(40)29-64(49(35)69)41-13-14-42(65)60-48(41)68/h1-12,25,27,41,54H,13-24,26,28-29H2,(H,55,67)(H,59,66)(H,57,58,61)(H,60,65,68). The highest BCUT2D eigenvalue weighted by atomic mass is 35.5. The lowest BCUT2D eigenvalue weighted by atomic mass is 9.95. The highest BCUT2D eigenvalue weighted by Gasteiger charge is 2.40. The van der Waals surface area contributed by atoms with Crippen LogP contribution in [0.5, 0.6) is 0 Å². The Kier molecular flexibility index (Phi) is 14.9. The molecule has 0 spiro atoms. The first kappa shape index (κ1) is 48.0. The SMILES string of the molecule is O=C1CCC(N2Cc3c(NC(=O)CNCCOCCN4CCN(CCNC(=O)c5ccc(Nc6ncc7c(n6)-c6ccc(Cl)cc6C(c6c(F)cccc6F)=NC7)cc5)CC4)cccc3C2=O)C(=O)N1. The van der Waals surface area contributed by atoms with E-state index in [1.807, 2.05) is 0 Å². The molecule has 4 aliphatic rings. The van der Waals surface area contributed by atoms with E-state index in [1.165, 1.54) is 23.1 Å². The number of hydrogen-bond acceptors (Lipinski definition) is 13. The number of nitrogens with zero attached hydrogens (tertiary/aromatic N) is 6. The molecule has 5 N–H and O–H groups in total. The summed E-state index contributed by atoms with van der Waals surface area (Å²) in [6.07, 6.45) is 2.06. The number of piperazine rings is 1. The van der Waals surface area contributed by atoms with Crippen LogP contribution in [0.15, 0.2) is 90.1 Å². The summed E-state index contributed by atoms with van der Waals surface area (Å²) in [6, 6.07) is 20.1. The molecule has 5 amide bonds. The van der Waals surface area contributed by atoms with Gasteiger partial charge >= 0.3 is 0 Å². The Labute approximate surface area is 407 Å². The lowest BCUT2D eigenvalue weighted by Gasteiger charge is -2.34. The molecule has 4 aliphatic heterocycles. The van der Waals surface area contributed by atoms with Gasteiger partial charge in [0.1, 0.15) is 17.7 Å². The molecule has 5 aromatic rings. The summed E-state index contributed by atoms with van der Waals surface area (Å²) >= 11 is 6.36. The average Bonchev–Trinajstić information content (AvgIpc) is 3.60. The summed E-state index contributed by atoms with van der Waals surface area (Å²) < 4.78 is 35.7. The number of anilines is 3. The fourth-order valence-electron chi connectivity index (χ4n) is 8.96. The Morgan fingerprint density at radius 2 is 1.61 bits per heavy atom. The first-order chi connectivity index (χ1) is 34.0. The van der Waals surface area contributed by atoms with Gasteiger partial charge in [-0.05, 0) is 67.1 Å². The number of ether oxygens (including phenoxy) is 1. The fourth-order valence-corrected chi connectivity index (χ4v) is 9.13. The Morgan fingerprint density at radius 1 is 0.857 bits per heavy atom. The van der Waals surface area contributed by atoms with Gasteiger partial charge in [0.15, 0.2) is 0 Å². The molecule has 0 bridgehead atoms. The molecule has 4 aromatic carbocycles. The lowest BCUT2D eigenvalue weighted by Crippen LogP contribution is -2.52. The third-order valence-electron chi connectivity index (χ3n) is 12.7. The van der Waals surface area contributed by atoms with E-state index in [9.17, 15) is 32.8 Å². The molecule has 17 nitrogen and oxygen atoms in total. The number of amides is 5. The molecule has 0 saturated carbocycles. The molecular weight excluding hydrogens is 924 g/mol. The van der Waals surface area contributed by atoms with Crippen LogP contribution in [0.1, 0.15) is 55.8 Å². The van der Waals surface area contributed by atoms with E-state index in [0.29, 0.717) is 88.3 Å². The van der Waals surface area contributed by atoms with Gasteiger partial charge in [-0.3, -0.25) is 44.1 Å². The molecule has 1 aromatic heterocycles. The molecule has 2 fully saturated rings. The maximum atomic E-state index is 15.0. The second-order valence-corrected chi connectivity index (χ2v) is 17.7. The molecule has 1 unspecified atom stereocenters. The zero-order chi connectivity index (χ0) is 48.7. The largest absolute Gasteiger partial charge is 0.379 e. The van der Waals surface area contributed by atoms with Crippen molar-refractivity contribution in [3.8, 4) is 11.3 Å². The van der Waals surface area contributed by atoms with Crippen molar-refractivity contribution in [3.63, 3.8) is 0 Å². The van der Waals surface area contributed by atoms with Crippen LogP contribution in [-0.4, -0.2) is 138 Å². The second kappa shape index (κ2) is 21.7. The Morgan fingerprint density at radius 3 is 2.39 bits per heavy atom. The molecular formula is C50H50ClF2N11O6. The Hall–Kier alpha value is -7.03. The van der Waals surface area contributed by atoms with Gasteiger partial charge in [-0.2, -0.15) is 0 Å². The zero-order valence-electron chi connectivity index (χ0n) is 38.0. The normalized spacial score (nSPS) is 17.0. The van der Waals surface area contributed by atoms with Gasteiger partial charge in [0.05, 0.1) is 43.3 Å². The molecule has 5 heterocycles. The minimum absolute atomic E-state index is 0.0525. The number of nitrogens with one attached hydrogen (secondary N) is 5. The number of aliphatic imine (C=N–C) groups is 1. The highest BCUT2D eigenvalue weighted by molar-refractivity contribution is 6.31. The van der Waals surface area contributed by atoms with Gasteiger partial charge in [-0.1, -0.05) is 29.8 Å². The van der Waals surface area contributed by atoms with Crippen LogP contribution in [0.3, 0.4) is 0 Å². The Bertz CT molecular complexity index is 2840. The predicted octanol–water partition coefficient (Wildman–Crippen LogP) is 4.52. The van der Waals surface area contributed by atoms with Crippen LogP contribution in [0, 0.1) is 11.6 Å². The first-order valence-corrected chi connectivity index (χ1v) is 23.5. The quantitative estimate of drug-likeness (QED) is 0.0646. The third-order valence-corrected chi connectivity index (χ3v) is 12.9. The number of carbonyl (C=O) groups excluding carboxylic acids is 5. The van der Waals surface area contributed by atoms with E-state index in [4.69, 9.17) is 21.3 Å². The number of carbonyl (C=O) groups is 5. The van der Waals surface area contributed by atoms with Crippen LogP contribution in [0.25, 0.3) is 11.3 Å². The fraction of sp³-hybridized carbons (Fsp3) is 0.320. The van der Waals surface area contributed by atoms with Crippen LogP contribution < -0.4 is 26.6 Å². The number of halogens is 3. The van der Waals surface area contributed by atoms with Crippen molar-refractivity contribution in [2.75, 3.05) is 82.8 Å². The minimum Gasteiger partial charge on any atom is -0.379 e. The summed E-state index contributed by atoms with van der Waals surface area (Å²) in [5, 5.41) is 14.8. The number of fused-ring (bicyclic) bond motifs is 4. The smallest absolute Gasteiger partial charge is 0.255 e. The maximum absolute atomic E-state index is 15.0. The lowest BCUT2D eigenvalue weighted by molar-refractivity contribution is -0.137. The number of rotatable bonds is 17. The van der Waals surface area contributed by atoms with E-state index in [0.717, 1.165) is 32.7 Å². The third kappa shape index (κ3) is 11.0. The second-order valence-electron chi connectivity index (χ2n) is 17.2. The number of benzene rings is 4. The van der Waals surface area contributed by atoms with Crippen molar-refractivity contribution in [3.05, 3.63) is 135 Å². The molecule has 0 aliphatic carbocycles. The van der Waals surface area contributed by atoms with Crippen LogP contribution in [0.4, 0.5) is 26.1 Å². The van der Waals surface area contributed by atoms with E-state index in [-0.39, 0.29) is 73.3 Å². The minimum atomic E-state index is -0.734. The number of imide groups is 1. The van der Waals surface area contributed by atoms with Gasteiger partial charge < -0.3 is 30.9 Å². The first-order valence-electron chi connectivity index (χ1n) is 23.1. The maximum Gasteiger partial charge on any atom is 0.255 e. The van der Waals surface area contributed by atoms with Crippen molar-refractivity contribution >= 4 is 64.2 Å². The van der Waals surface area contributed by atoms with Crippen molar-refractivity contribution in [2.24, 2.45) is 4.99 Å². The molecule has 2 saturated heterocycles.